The Morgan fingerprint density at radius 1 is 1.35 bits per heavy atom. The summed E-state index contributed by atoms with van der Waals surface area (Å²) in [4.78, 5) is 1.39. The summed E-state index contributed by atoms with van der Waals surface area (Å²) in [5, 5.41) is 17.1. The van der Waals surface area contributed by atoms with Crippen LogP contribution in [-0.2, 0) is 0 Å². The van der Waals surface area contributed by atoms with Crippen molar-refractivity contribution >= 4 is 5.82 Å². The Morgan fingerprint density at radius 3 is 2.53 bits per heavy atom. The van der Waals surface area contributed by atoms with E-state index in [1.807, 2.05) is 0 Å². The molecule has 1 saturated heterocycles. The van der Waals surface area contributed by atoms with Gasteiger partial charge in [-0.1, -0.05) is 0 Å². The second kappa shape index (κ2) is 3.83. The topological polar surface area (TPSA) is 49.2 Å². The first-order valence-electron chi connectivity index (χ1n) is 5.16. The summed E-state index contributed by atoms with van der Waals surface area (Å²) < 4.78 is 37.8. The Hall–Kier alpha value is -1.37. The molecule has 1 atom stereocenters. The maximum Gasteiger partial charge on any atom is 0.418 e. The first-order chi connectivity index (χ1) is 7.82. The van der Waals surface area contributed by atoms with Crippen LogP contribution in [0.3, 0.4) is 0 Å². The molecule has 2 rings (SSSR count). The maximum atomic E-state index is 12.6. The summed E-state index contributed by atoms with van der Waals surface area (Å²) >= 11 is 0. The third-order valence-corrected chi connectivity index (χ3v) is 2.88. The first kappa shape index (κ1) is 12.1. The van der Waals surface area contributed by atoms with Crippen LogP contribution in [0.4, 0.5) is 19.0 Å². The van der Waals surface area contributed by atoms with Gasteiger partial charge in [0.05, 0.1) is 12.2 Å². The zero-order valence-electron chi connectivity index (χ0n) is 9.20. The van der Waals surface area contributed by atoms with Gasteiger partial charge in [0.25, 0.3) is 0 Å². The minimum absolute atomic E-state index is 0.119. The molecule has 0 amide bonds. The van der Waals surface area contributed by atoms with Gasteiger partial charge in [0.15, 0.2) is 11.4 Å². The Morgan fingerprint density at radius 2 is 2.06 bits per heavy atom. The van der Waals surface area contributed by atoms with E-state index in [4.69, 9.17) is 0 Å². The number of rotatable bonds is 1. The number of nitrogens with zero attached hydrogens (tertiary/aromatic N) is 3. The normalized spacial score (nSPS) is 25.4. The Labute approximate surface area is 96.1 Å². The zero-order chi connectivity index (χ0) is 12.7. The van der Waals surface area contributed by atoms with Crippen LogP contribution in [0, 0.1) is 6.92 Å². The lowest BCUT2D eigenvalue weighted by molar-refractivity contribution is -0.250. The standard InChI is InChI=1S/C10H12F3N3O/c1-7-2-3-8(15-14-7)16-5-4-9(17,6-16)10(11,12)13/h2-3,17H,4-6H2,1H3/t9-/m0/s1. The Kier molecular flexibility index (Phi) is 2.73. The van der Waals surface area contributed by atoms with Crippen LogP contribution in [0.1, 0.15) is 12.1 Å². The third kappa shape index (κ3) is 2.19. The van der Waals surface area contributed by atoms with E-state index in [1.165, 1.54) is 4.90 Å². The molecule has 1 aromatic rings. The molecular formula is C10H12F3N3O. The lowest BCUT2D eigenvalue weighted by atomic mass is 10.0. The van der Waals surface area contributed by atoms with Crippen molar-refractivity contribution in [3.63, 3.8) is 0 Å². The van der Waals surface area contributed by atoms with Crippen LogP contribution >= 0.6 is 0 Å². The fraction of sp³-hybridized carbons (Fsp3) is 0.600. The molecule has 94 valence electrons. The molecule has 1 N–H and O–H groups in total. The quantitative estimate of drug-likeness (QED) is 0.812. The van der Waals surface area contributed by atoms with Crippen molar-refractivity contribution in [1.82, 2.24) is 10.2 Å². The molecule has 1 aromatic heterocycles. The molecule has 0 unspecified atom stereocenters. The van der Waals surface area contributed by atoms with E-state index in [0.29, 0.717) is 11.5 Å². The van der Waals surface area contributed by atoms with Gasteiger partial charge in [-0.05, 0) is 19.1 Å². The number of β-amino-alcohol motifs (C(OH)–C–C–N with tert-alkyl or cyclic N) is 1. The highest BCUT2D eigenvalue weighted by atomic mass is 19.4. The molecule has 0 saturated carbocycles. The van der Waals surface area contributed by atoms with Crippen LogP contribution in [0.15, 0.2) is 12.1 Å². The number of alkyl halides is 3. The van der Waals surface area contributed by atoms with Gasteiger partial charge in [-0.25, -0.2) is 0 Å². The fourth-order valence-corrected chi connectivity index (χ4v) is 1.78. The molecule has 17 heavy (non-hydrogen) atoms. The lowest BCUT2D eigenvalue weighted by Crippen LogP contribution is -2.47. The largest absolute Gasteiger partial charge is 0.418 e. The summed E-state index contributed by atoms with van der Waals surface area (Å²) in [6.07, 6.45) is -4.95. The van der Waals surface area contributed by atoms with Crippen molar-refractivity contribution in [2.75, 3.05) is 18.0 Å². The van der Waals surface area contributed by atoms with Crippen molar-refractivity contribution in [2.45, 2.75) is 25.1 Å². The number of halogens is 3. The summed E-state index contributed by atoms with van der Waals surface area (Å²) in [5.41, 5.74) is -1.95. The van der Waals surface area contributed by atoms with Gasteiger partial charge in [-0.15, -0.1) is 5.10 Å². The summed E-state index contributed by atoms with van der Waals surface area (Å²) in [6, 6.07) is 3.28. The average Bonchev–Trinajstić information content (AvgIpc) is 2.63. The minimum atomic E-state index is -4.61. The van der Waals surface area contributed by atoms with Crippen molar-refractivity contribution in [1.29, 1.82) is 0 Å². The van der Waals surface area contributed by atoms with Crippen molar-refractivity contribution in [3.05, 3.63) is 17.8 Å². The van der Waals surface area contributed by atoms with Gasteiger partial charge in [0.2, 0.25) is 0 Å². The molecule has 1 aliphatic rings. The third-order valence-electron chi connectivity index (χ3n) is 2.88. The molecule has 7 heteroatoms. The highest BCUT2D eigenvalue weighted by Crippen LogP contribution is 2.38. The first-order valence-corrected chi connectivity index (χ1v) is 5.16. The maximum absolute atomic E-state index is 12.6. The molecule has 4 nitrogen and oxygen atoms in total. The Balaban J connectivity index is 2.15. The lowest BCUT2D eigenvalue weighted by Gasteiger charge is -2.26. The fourth-order valence-electron chi connectivity index (χ4n) is 1.78. The van der Waals surface area contributed by atoms with Gasteiger partial charge in [-0.3, -0.25) is 0 Å². The van der Waals surface area contributed by atoms with E-state index in [1.54, 1.807) is 19.1 Å². The van der Waals surface area contributed by atoms with Crippen LogP contribution in [0.25, 0.3) is 0 Å². The monoisotopic (exact) mass is 247 g/mol. The second-order valence-corrected chi connectivity index (χ2v) is 4.23. The van der Waals surface area contributed by atoms with E-state index in [-0.39, 0.29) is 13.0 Å². The number of hydrogen-bond donors (Lipinski definition) is 1. The molecule has 0 bridgehead atoms. The highest BCUT2D eigenvalue weighted by molar-refractivity contribution is 5.40. The van der Waals surface area contributed by atoms with E-state index in [2.05, 4.69) is 10.2 Å². The van der Waals surface area contributed by atoms with Crippen LogP contribution < -0.4 is 4.90 Å². The summed E-state index contributed by atoms with van der Waals surface area (Å²) in [7, 11) is 0. The minimum Gasteiger partial charge on any atom is -0.379 e. The molecule has 2 heterocycles. The van der Waals surface area contributed by atoms with Gasteiger partial charge in [0.1, 0.15) is 0 Å². The number of aromatic nitrogens is 2. The number of hydrogen-bond acceptors (Lipinski definition) is 4. The number of anilines is 1. The van der Waals surface area contributed by atoms with E-state index in [9.17, 15) is 18.3 Å². The smallest absolute Gasteiger partial charge is 0.379 e. The molecule has 0 aromatic carbocycles. The van der Waals surface area contributed by atoms with Crippen LogP contribution in [-0.4, -0.2) is 40.2 Å². The van der Waals surface area contributed by atoms with Crippen molar-refractivity contribution < 1.29 is 18.3 Å². The van der Waals surface area contributed by atoms with E-state index >= 15 is 0 Å². The zero-order valence-corrected chi connectivity index (χ0v) is 9.20. The number of aryl methyl sites for hydroxylation is 1. The SMILES string of the molecule is Cc1ccc(N2CC[C@@](O)(C(F)(F)F)C2)nn1. The van der Waals surface area contributed by atoms with Crippen LogP contribution in [0.2, 0.25) is 0 Å². The average molecular weight is 247 g/mol. The van der Waals surface area contributed by atoms with E-state index in [0.717, 1.165) is 0 Å². The Bertz CT molecular complexity index is 406. The molecule has 0 aliphatic carbocycles. The second-order valence-electron chi connectivity index (χ2n) is 4.23. The van der Waals surface area contributed by atoms with Gasteiger partial charge >= 0.3 is 6.18 Å². The summed E-state index contributed by atoms with van der Waals surface area (Å²) in [6.45, 7) is 1.37. The highest BCUT2D eigenvalue weighted by Gasteiger charge is 2.57. The van der Waals surface area contributed by atoms with Crippen LogP contribution in [0.5, 0.6) is 0 Å². The van der Waals surface area contributed by atoms with Crippen molar-refractivity contribution in [2.24, 2.45) is 0 Å². The summed E-state index contributed by atoms with van der Waals surface area (Å²) in [5.74, 6) is 0.357. The van der Waals surface area contributed by atoms with Crippen molar-refractivity contribution in [3.8, 4) is 0 Å². The van der Waals surface area contributed by atoms with E-state index < -0.39 is 18.3 Å². The van der Waals surface area contributed by atoms with Gasteiger partial charge in [0, 0.05) is 13.0 Å². The number of aliphatic hydroxyl groups is 1. The molecule has 1 fully saturated rings. The molecule has 0 spiro atoms. The molecular weight excluding hydrogens is 235 g/mol. The predicted octanol–water partition coefficient (Wildman–Crippen LogP) is 1.29. The molecule has 1 aliphatic heterocycles. The van der Waals surface area contributed by atoms with Gasteiger partial charge < -0.3 is 10.0 Å². The van der Waals surface area contributed by atoms with Gasteiger partial charge in [-0.2, -0.15) is 18.3 Å². The molecule has 0 radical (unpaired) electrons. The predicted molar refractivity (Wildman–Crippen MR) is 54.6 cm³/mol.